The summed E-state index contributed by atoms with van der Waals surface area (Å²) in [6, 6.07) is 0. The second-order valence-electron chi connectivity index (χ2n) is 8.90. The van der Waals surface area contributed by atoms with Crippen molar-refractivity contribution in [2.24, 2.45) is 0 Å². The van der Waals surface area contributed by atoms with E-state index in [1.54, 1.807) is 0 Å². The van der Waals surface area contributed by atoms with Gasteiger partial charge in [-0.3, -0.25) is 13.8 Å². The molecule has 0 aromatic rings. The summed E-state index contributed by atoms with van der Waals surface area (Å²) in [7, 11) is 1.54. The number of phosphoric acid groups is 1. The van der Waals surface area contributed by atoms with Gasteiger partial charge in [0.05, 0.1) is 27.7 Å². The van der Waals surface area contributed by atoms with Crippen LogP contribution < -0.4 is 0 Å². The first-order valence-corrected chi connectivity index (χ1v) is 13.3. The van der Waals surface area contributed by atoms with Gasteiger partial charge >= 0.3 is 13.8 Å². The van der Waals surface area contributed by atoms with Crippen molar-refractivity contribution in [3.05, 3.63) is 36.5 Å². The van der Waals surface area contributed by atoms with E-state index in [-0.39, 0.29) is 19.6 Å². The summed E-state index contributed by atoms with van der Waals surface area (Å²) in [6.07, 6.45) is 18.6. The lowest BCUT2D eigenvalue weighted by Gasteiger charge is -2.24. The molecule has 2 unspecified atom stereocenters. The summed E-state index contributed by atoms with van der Waals surface area (Å²) in [6.45, 7) is 1.94. The molecule has 192 valence electrons. The van der Waals surface area contributed by atoms with E-state index in [2.05, 4.69) is 25.2 Å². The van der Waals surface area contributed by atoms with E-state index < -0.39 is 26.5 Å². The van der Waals surface area contributed by atoms with Crippen LogP contribution in [0.15, 0.2) is 36.5 Å². The van der Waals surface area contributed by atoms with Crippen molar-refractivity contribution in [2.45, 2.75) is 64.4 Å². The number of quaternary nitrogens is 1. The van der Waals surface area contributed by atoms with Crippen LogP contribution in [0.5, 0.6) is 0 Å². The fourth-order valence-electron chi connectivity index (χ4n) is 2.54. The molecule has 0 aromatic carbocycles. The molecule has 0 aliphatic heterocycles. The number of allylic oxidation sites excluding steroid dienone is 6. The molecule has 33 heavy (non-hydrogen) atoms. The molecule has 0 aliphatic carbocycles. The number of rotatable bonds is 20. The number of carbonyl (C=O) groups is 1. The first-order chi connectivity index (χ1) is 15.6. The van der Waals surface area contributed by atoms with Crippen LogP contribution in [0.4, 0.5) is 0 Å². The molecule has 0 saturated carbocycles. The molecule has 0 fully saturated rings. The van der Waals surface area contributed by atoms with Crippen molar-refractivity contribution in [2.75, 3.05) is 47.5 Å². The topological polar surface area (TPSA) is 102 Å². The van der Waals surface area contributed by atoms with Gasteiger partial charge in [0.1, 0.15) is 25.9 Å². The number of ether oxygens (including phenoxy) is 1. The quantitative estimate of drug-likeness (QED) is 0.0849. The number of phosphoric ester groups is 1. The largest absolute Gasteiger partial charge is 0.472 e. The monoisotopic (exact) mass is 490 g/mol. The fraction of sp³-hybridized carbons (Fsp3) is 0.708. The van der Waals surface area contributed by atoms with Crippen molar-refractivity contribution in [3.8, 4) is 0 Å². The minimum atomic E-state index is -4.24. The first-order valence-electron chi connectivity index (χ1n) is 11.8. The Labute approximate surface area is 200 Å². The molecule has 0 heterocycles. The lowest BCUT2D eigenvalue weighted by atomic mass is 10.1. The van der Waals surface area contributed by atoms with Gasteiger partial charge in [-0.05, 0) is 25.7 Å². The Morgan fingerprint density at radius 3 is 2.24 bits per heavy atom. The first kappa shape index (κ1) is 31.7. The molecule has 0 rings (SSSR count). The number of carbonyl (C=O) groups excluding carboxylic acids is 1. The molecule has 0 aromatic heterocycles. The van der Waals surface area contributed by atoms with E-state index in [0.29, 0.717) is 11.0 Å². The van der Waals surface area contributed by atoms with Crippen LogP contribution in [0.3, 0.4) is 0 Å². The van der Waals surface area contributed by atoms with Crippen LogP contribution in [0.1, 0.15) is 58.3 Å². The second-order valence-corrected chi connectivity index (χ2v) is 10.4. The summed E-state index contributed by atoms with van der Waals surface area (Å²) in [4.78, 5) is 21.4. The van der Waals surface area contributed by atoms with Gasteiger partial charge in [0.25, 0.3) is 0 Å². The molecule has 0 bridgehead atoms. The van der Waals surface area contributed by atoms with Gasteiger partial charge < -0.3 is 19.2 Å². The van der Waals surface area contributed by atoms with Crippen molar-refractivity contribution >= 4 is 13.8 Å². The molecule has 0 saturated heterocycles. The van der Waals surface area contributed by atoms with E-state index >= 15 is 0 Å². The third-order valence-electron chi connectivity index (χ3n) is 4.48. The van der Waals surface area contributed by atoms with Crippen molar-refractivity contribution in [3.63, 3.8) is 0 Å². The average molecular weight is 491 g/mol. The van der Waals surface area contributed by atoms with Gasteiger partial charge in [-0.1, -0.05) is 62.6 Å². The summed E-state index contributed by atoms with van der Waals surface area (Å²) < 4.78 is 26.9. The summed E-state index contributed by atoms with van der Waals surface area (Å²) >= 11 is 0. The lowest BCUT2D eigenvalue weighted by molar-refractivity contribution is -0.870. The maximum atomic E-state index is 11.8. The van der Waals surface area contributed by atoms with Crippen LogP contribution in [0.25, 0.3) is 0 Å². The Kier molecular flexibility index (Phi) is 18.3. The Morgan fingerprint density at radius 2 is 1.58 bits per heavy atom. The predicted octanol–water partition coefficient (Wildman–Crippen LogP) is 4.54. The van der Waals surface area contributed by atoms with Gasteiger partial charge in [0, 0.05) is 6.42 Å². The van der Waals surface area contributed by atoms with Crippen molar-refractivity contribution in [1.82, 2.24) is 0 Å². The van der Waals surface area contributed by atoms with E-state index in [1.807, 2.05) is 39.4 Å². The van der Waals surface area contributed by atoms with Crippen LogP contribution in [0.2, 0.25) is 0 Å². The van der Waals surface area contributed by atoms with Crippen molar-refractivity contribution in [1.29, 1.82) is 0 Å². The third-order valence-corrected chi connectivity index (χ3v) is 5.46. The number of aliphatic hydroxyl groups excluding tert-OH is 1. The van der Waals surface area contributed by atoms with Gasteiger partial charge in [0.2, 0.25) is 0 Å². The minimum absolute atomic E-state index is 0.0490. The molecule has 0 spiro atoms. The predicted molar refractivity (Wildman–Crippen MR) is 132 cm³/mol. The number of hydrogen-bond donors (Lipinski definition) is 2. The van der Waals surface area contributed by atoms with Crippen LogP contribution in [-0.2, 0) is 23.1 Å². The Hall–Kier alpha value is -1.28. The third kappa shape index (κ3) is 23.7. The highest BCUT2D eigenvalue weighted by atomic mass is 31.2. The highest BCUT2D eigenvalue weighted by molar-refractivity contribution is 7.47. The second kappa shape index (κ2) is 19.1. The van der Waals surface area contributed by atoms with Gasteiger partial charge in [0.15, 0.2) is 0 Å². The van der Waals surface area contributed by atoms with Gasteiger partial charge in [-0.2, -0.15) is 0 Å². The minimum Gasteiger partial charge on any atom is -0.463 e. The van der Waals surface area contributed by atoms with Crippen molar-refractivity contribution < 1.29 is 37.6 Å². The van der Waals surface area contributed by atoms with Crippen LogP contribution >= 0.6 is 7.82 Å². The molecule has 8 nitrogen and oxygen atoms in total. The van der Waals surface area contributed by atoms with E-state index in [1.165, 1.54) is 0 Å². The summed E-state index contributed by atoms with van der Waals surface area (Å²) in [5.74, 6) is -0.396. The molecule has 0 aliphatic rings. The highest BCUT2D eigenvalue weighted by Crippen LogP contribution is 2.43. The standard InChI is InChI=1S/C24H44NO7P/c1-5-6-7-8-9-10-11-12-13-14-15-16-17-18-24(27)30-21-23(26)22-32-33(28,29)31-20-19-25(2,3)4/h6-11,23,26H,5,12-22H2,1-4H3/p+1/b7-6+,9-8+,11-10+. The average Bonchev–Trinajstić information content (AvgIpc) is 2.73. The Balaban J connectivity index is 3.71. The van der Waals surface area contributed by atoms with Crippen LogP contribution in [-0.4, -0.2) is 74.1 Å². The highest BCUT2D eigenvalue weighted by Gasteiger charge is 2.24. The number of aliphatic hydroxyl groups is 1. The zero-order chi connectivity index (χ0) is 25.0. The number of esters is 1. The number of nitrogens with zero attached hydrogens (tertiary/aromatic N) is 1. The Morgan fingerprint density at radius 1 is 0.939 bits per heavy atom. The van der Waals surface area contributed by atoms with E-state index in [0.717, 1.165) is 44.9 Å². The van der Waals surface area contributed by atoms with Gasteiger partial charge in [-0.15, -0.1) is 0 Å². The Bertz CT molecular complexity index is 641. The number of hydrogen-bond acceptors (Lipinski definition) is 6. The zero-order valence-corrected chi connectivity index (χ0v) is 21.8. The molecular formula is C24H45NO7P+. The molecular weight excluding hydrogens is 445 g/mol. The number of likely N-dealkylation sites (N-methyl/N-ethyl adjacent to an activating group) is 1. The molecule has 0 amide bonds. The number of unbranched alkanes of at least 4 members (excludes halogenated alkanes) is 5. The van der Waals surface area contributed by atoms with E-state index in [4.69, 9.17) is 13.8 Å². The molecule has 9 heteroatoms. The lowest BCUT2D eigenvalue weighted by Crippen LogP contribution is -2.37. The maximum absolute atomic E-state index is 11.8. The van der Waals surface area contributed by atoms with Gasteiger partial charge in [-0.25, -0.2) is 4.57 Å². The smallest absolute Gasteiger partial charge is 0.463 e. The summed E-state index contributed by atoms with van der Waals surface area (Å²) in [5.41, 5.74) is 0. The molecule has 2 atom stereocenters. The fourth-order valence-corrected chi connectivity index (χ4v) is 3.28. The zero-order valence-electron chi connectivity index (χ0n) is 20.9. The van der Waals surface area contributed by atoms with E-state index in [9.17, 15) is 19.4 Å². The normalized spacial score (nSPS) is 15.5. The SMILES string of the molecule is CC/C=C/C=C/C=C/CCCCCCCC(=O)OCC(O)COP(=O)(O)OCC[N+](C)(C)C. The van der Waals surface area contributed by atoms with Crippen LogP contribution in [0, 0.1) is 0 Å². The molecule has 0 radical (unpaired) electrons. The molecule has 2 N–H and O–H groups in total. The maximum Gasteiger partial charge on any atom is 0.472 e. The summed E-state index contributed by atoms with van der Waals surface area (Å²) in [5, 5.41) is 9.79.